The standard InChI is InChI=1S/C20H25N3O3S/c1-14-16(19(24)26-11-7-10-22(2)3)12-23-13-18(27-20(23)21-14)15-8-5-6-9-17(15)25-4/h5-6,8-9,13H,7,10-12H2,1-4H3. The van der Waals surface area contributed by atoms with Gasteiger partial charge in [0.1, 0.15) is 5.75 Å². The number of amidine groups is 1. The summed E-state index contributed by atoms with van der Waals surface area (Å²) in [6.07, 6.45) is 2.84. The van der Waals surface area contributed by atoms with Crippen LogP contribution in [0.15, 0.2) is 46.7 Å². The number of hydrogen-bond donors (Lipinski definition) is 0. The molecule has 0 aromatic heterocycles. The molecule has 2 aliphatic rings. The number of aliphatic imine (C=N–C) groups is 1. The first-order valence-corrected chi connectivity index (χ1v) is 9.71. The summed E-state index contributed by atoms with van der Waals surface area (Å²) in [5.41, 5.74) is 2.36. The first kappa shape index (κ1) is 19.5. The second-order valence-electron chi connectivity index (χ2n) is 6.67. The van der Waals surface area contributed by atoms with Crippen molar-refractivity contribution in [1.29, 1.82) is 0 Å². The van der Waals surface area contributed by atoms with E-state index in [1.807, 2.05) is 56.4 Å². The summed E-state index contributed by atoms with van der Waals surface area (Å²) in [7, 11) is 5.67. The van der Waals surface area contributed by atoms with Crippen LogP contribution in [0.25, 0.3) is 4.91 Å². The van der Waals surface area contributed by atoms with Crippen LogP contribution in [0, 0.1) is 0 Å². The maximum absolute atomic E-state index is 12.5. The van der Waals surface area contributed by atoms with Crippen LogP contribution in [0.1, 0.15) is 18.9 Å². The van der Waals surface area contributed by atoms with Gasteiger partial charge in [0, 0.05) is 23.2 Å². The van der Waals surface area contributed by atoms with Crippen LogP contribution in [0.3, 0.4) is 0 Å². The van der Waals surface area contributed by atoms with E-state index in [4.69, 9.17) is 9.47 Å². The minimum absolute atomic E-state index is 0.279. The lowest BCUT2D eigenvalue weighted by Gasteiger charge is -2.23. The van der Waals surface area contributed by atoms with Crippen molar-refractivity contribution in [3.8, 4) is 5.75 Å². The van der Waals surface area contributed by atoms with E-state index in [0.29, 0.717) is 18.7 Å². The zero-order valence-corrected chi connectivity index (χ0v) is 17.0. The third kappa shape index (κ3) is 4.54. The second kappa shape index (κ2) is 8.63. The molecule has 144 valence electrons. The number of methoxy groups -OCH3 is 1. The molecular formula is C20H25N3O3S. The average Bonchev–Trinajstić information content (AvgIpc) is 3.06. The number of ether oxygens (including phenoxy) is 2. The number of esters is 1. The Morgan fingerprint density at radius 3 is 2.85 bits per heavy atom. The maximum Gasteiger partial charge on any atom is 0.337 e. The van der Waals surface area contributed by atoms with Gasteiger partial charge in [0.05, 0.1) is 31.5 Å². The fourth-order valence-corrected chi connectivity index (χ4v) is 3.97. The molecule has 0 amide bonds. The molecule has 0 aliphatic carbocycles. The van der Waals surface area contributed by atoms with Crippen LogP contribution in [0.4, 0.5) is 0 Å². The molecule has 1 aromatic rings. The Balaban J connectivity index is 1.69. The van der Waals surface area contributed by atoms with E-state index in [9.17, 15) is 4.79 Å². The van der Waals surface area contributed by atoms with Crippen molar-refractivity contribution >= 4 is 27.8 Å². The van der Waals surface area contributed by atoms with E-state index in [1.165, 1.54) is 0 Å². The molecule has 0 saturated carbocycles. The molecule has 0 unspecified atom stereocenters. The van der Waals surface area contributed by atoms with Crippen LogP contribution in [0.2, 0.25) is 0 Å². The smallest absolute Gasteiger partial charge is 0.337 e. The maximum atomic E-state index is 12.5. The number of thioether (sulfide) groups is 1. The van der Waals surface area contributed by atoms with Crippen LogP contribution in [-0.4, -0.2) is 61.8 Å². The van der Waals surface area contributed by atoms with Gasteiger partial charge in [-0.3, -0.25) is 0 Å². The van der Waals surface area contributed by atoms with Crippen molar-refractivity contribution in [1.82, 2.24) is 9.80 Å². The van der Waals surface area contributed by atoms with Crippen molar-refractivity contribution in [2.75, 3.05) is 40.9 Å². The summed E-state index contributed by atoms with van der Waals surface area (Å²) in [6, 6.07) is 7.90. The lowest BCUT2D eigenvalue weighted by Crippen LogP contribution is -2.30. The Labute approximate surface area is 164 Å². The first-order chi connectivity index (χ1) is 13.0. The number of rotatable bonds is 7. The zero-order valence-electron chi connectivity index (χ0n) is 16.2. The number of benzene rings is 1. The van der Waals surface area contributed by atoms with E-state index in [1.54, 1.807) is 18.9 Å². The third-order valence-electron chi connectivity index (χ3n) is 4.35. The molecule has 0 N–H and O–H groups in total. The van der Waals surface area contributed by atoms with E-state index in [0.717, 1.165) is 40.0 Å². The number of para-hydroxylation sites is 1. The lowest BCUT2D eigenvalue weighted by atomic mass is 10.1. The van der Waals surface area contributed by atoms with E-state index in [-0.39, 0.29) is 5.97 Å². The van der Waals surface area contributed by atoms with Crippen molar-refractivity contribution in [3.05, 3.63) is 47.3 Å². The van der Waals surface area contributed by atoms with Gasteiger partial charge in [-0.15, -0.1) is 0 Å². The molecule has 2 heterocycles. The van der Waals surface area contributed by atoms with Crippen molar-refractivity contribution in [3.63, 3.8) is 0 Å². The van der Waals surface area contributed by atoms with Crippen LogP contribution < -0.4 is 4.74 Å². The molecule has 0 atom stereocenters. The predicted octanol–water partition coefficient (Wildman–Crippen LogP) is 3.18. The molecule has 3 rings (SSSR count). The summed E-state index contributed by atoms with van der Waals surface area (Å²) < 4.78 is 10.9. The minimum Gasteiger partial charge on any atom is -0.496 e. The summed E-state index contributed by atoms with van der Waals surface area (Å²) >= 11 is 1.58. The summed E-state index contributed by atoms with van der Waals surface area (Å²) in [4.78, 5) is 22.2. The molecule has 0 fully saturated rings. The molecule has 27 heavy (non-hydrogen) atoms. The highest BCUT2D eigenvalue weighted by molar-refractivity contribution is 8.22. The SMILES string of the molecule is COc1ccccc1C1=CN2CC(C(=O)OCCCN(C)C)=C(C)N=C2S1. The number of allylic oxidation sites excluding steroid dienone is 1. The second-order valence-corrected chi connectivity index (χ2v) is 7.68. The number of nitrogens with zero attached hydrogens (tertiary/aromatic N) is 3. The molecule has 0 spiro atoms. The fourth-order valence-electron chi connectivity index (χ4n) is 2.89. The first-order valence-electron chi connectivity index (χ1n) is 8.89. The molecule has 0 saturated heterocycles. The van der Waals surface area contributed by atoms with Gasteiger partial charge in [0.2, 0.25) is 0 Å². The van der Waals surface area contributed by atoms with Gasteiger partial charge < -0.3 is 19.3 Å². The molecule has 6 nitrogen and oxygen atoms in total. The highest BCUT2D eigenvalue weighted by Gasteiger charge is 2.30. The lowest BCUT2D eigenvalue weighted by molar-refractivity contribution is -0.139. The van der Waals surface area contributed by atoms with Gasteiger partial charge in [0.25, 0.3) is 0 Å². The van der Waals surface area contributed by atoms with Gasteiger partial charge in [-0.05, 0) is 45.3 Å². The van der Waals surface area contributed by atoms with Gasteiger partial charge in [-0.1, -0.05) is 18.2 Å². The highest BCUT2D eigenvalue weighted by atomic mass is 32.2. The Morgan fingerprint density at radius 2 is 2.11 bits per heavy atom. The predicted molar refractivity (Wildman–Crippen MR) is 110 cm³/mol. The van der Waals surface area contributed by atoms with Crippen molar-refractivity contribution in [2.24, 2.45) is 4.99 Å². The zero-order chi connectivity index (χ0) is 19.4. The average molecular weight is 388 g/mol. The number of carbonyl (C=O) groups excluding carboxylic acids is 1. The Bertz CT molecular complexity index is 814. The summed E-state index contributed by atoms with van der Waals surface area (Å²) in [6.45, 7) is 3.65. The third-order valence-corrected chi connectivity index (χ3v) is 5.40. The van der Waals surface area contributed by atoms with E-state index >= 15 is 0 Å². The normalized spacial score (nSPS) is 16.3. The van der Waals surface area contributed by atoms with Gasteiger partial charge >= 0.3 is 5.97 Å². The quantitative estimate of drug-likeness (QED) is 0.529. The molecule has 2 aliphatic heterocycles. The molecular weight excluding hydrogens is 362 g/mol. The van der Waals surface area contributed by atoms with Crippen LogP contribution >= 0.6 is 11.8 Å². The Kier molecular flexibility index (Phi) is 6.23. The van der Waals surface area contributed by atoms with Gasteiger partial charge in [-0.2, -0.15) is 0 Å². The Morgan fingerprint density at radius 1 is 1.33 bits per heavy atom. The summed E-state index contributed by atoms with van der Waals surface area (Å²) in [5, 5.41) is 0.873. The fraction of sp³-hybridized carbons (Fsp3) is 0.400. The molecule has 0 bridgehead atoms. The van der Waals surface area contributed by atoms with Gasteiger partial charge in [-0.25, -0.2) is 9.79 Å². The summed E-state index contributed by atoms with van der Waals surface area (Å²) in [5.74, 6) is 0.542. The topological polar surface area (TPSA) is 54.4 Å². The van der Waals surface area contributed by atoms with E-state index in [2.05, 4.69) is 9.89 Å². The van der Waals surface area contributed by atoms with Crippen molar-refractivity contribution < 1.29 is 14.3 Å². The Hall–Kier alpha value is -2.25. The molecule has 7 heteroatoms. The number of fused-ring (bicyclic) bond motifs is 1. The van der Waals surface area contributed by atoms with Crippen LogP contribution in [-0.2, 0) is 9.53 Å². The monoisotopic (exact) mass is 387 g/mol. The van der Waals surface area contributed by atoms with Crippen molar-refractivity contribution in [2.45, 2.75) is 13.3 Å². The largest absolute Gasteiger partial charge is 0.496 e. The molecule has 1 aromatic carbocycles. The van der Waals surface area contributed by atoms with E-state index < -0.39 is 0 Å². The number of carbonyl (C=O) groups is 1. The number of hydrogen-bond acceptors (Lipinski definition) is 7. The minimum atomic E-state index is -0.279. The van der Waals surface area contributed by atoms with Crippen LogP contribution in [0.5, 0.6) is 5.75 Å². The highest BCUT2D eigenvalue weighted by Crippen LogP contribution is 2.42. The van der Waals surface area contributed by atoms with Gasteiger partial charge in [0.15, 0.2) is 5.17 Å². The molecule has 0 radical (unpaired) electrons.